The Hall–Kier alpha value is -2.23. The molecule has 0 aliphatic carbocycles. The molecule has 0 aliphatic heterocycles. The quantitative estimate of drug-likeness (QED) is 0.449. The van der Waals surface area contributed by atoms with Crippen LogP contribution in [0.4, 0.5) is 0 Å². The van der Waals surface area contributed by atoms with E-state index in [2.05, 4.69) is 0 Å². The zero-order valence-electron chi connectivity index (χ0n) is 11.4. The van der Waals surface area contributed by atoms with Crippen LogP contribution in [0.25, 0.3) is 6.08 Å². The summed E-state index contributed by atoms with van der Waals surface area (Å²) in [5, 5.41) is 0. The van der Waals surface area contributed by atoms with Crippen LogP contribution in [0.5, 0.6) is 11.5 Å². The van der Waals surface area contributed by atoms with Gasteiger partial charge in [-0.2, -0.15) is 0 Å². The van der Waals surface area contributed by atoms with Crippen molar-refractivity contribution in [3.63, 3.8) is 0 Å². The molecule has 0 radical (unpaired) electrons. The first-order valence-electron chi connectivity index (χ1n) is 5.94. The van der Waals surface area contributed by atoms with Gasteiger partial charge in [-0.05, 0) is 25.1 Å². The number of hydrogen-bond acceptors (Lipinski definition) is 4. The zero-order chi connectivity index (χ0) is 14.1. The third kappa shape index (κ3) is 4.87. The third-order valence-corrected chi connectivity index (χ3v) is 2.34. The third-order valence-electron chi connectivity index (χ3n) is 2.34. The van der Waals surface area contributed by atoms with Crippen LogP contribution >= 0.6 is 0 Å². The van der Waals surface area contributed by atoms with Gasteiger partial charge in [0.25, 0.3) is 0 Å². The van der Waals surface area contributed by atoms with Crippen molar-refractivity contribution >= 4 is 12.0 Å². The first-order chi connectivity index (χ1) is 9.21. The molecule has 0 atom stereocenters. The van der Waals surface area contributed by atoms with E-state index in [-0.39, 0.29) is 5.97 Å². The molecule has 0 aromatic heterocycles. The Bertz CT molecular complexity index is 475. The summed E-state index contributed by atoms with van der Waals surface area (Å²) < 4.78 is 15.2. The van der Waals surface area contributed by atoms with Gasteiger partial charge in [0.2, 0.25) is 0 Å². The van der Waals surface area contributed by atoms with E-state index in [0.717, 1.165) is 17.1 Å². The van der Waals surface area contributed by atoms with E-state index >= 15 is 0 Å². The number of allylic oxidation sites excluding steroid dienone is 2. The fourth-order valence-corrected chi connectivity index (χ4v) is 1.45. The van der Waals surface area contributed by atoms with Gasteiger partial charge in [0.05, 0.1) is 20.8 Å². The SMILES string of the molecule is CCOC(=O)/C=C/C=C/c1cc(OC)ccc1OC. The molecule has 0 heterocycles. The van der Waals surface area contributed by atoms with Gasteiger partial charge in [-0.3, -0.25) is 0 Å². The molecule has 0 unspecified atom stereocenters. The highest BCUT2D eigenvalue weighted by molar-refractivity contribution is 5.82. The molecule has 0 amide bonds. The Kier molecular flexibility index (Phi) is 6.22. The number of benzene rings is 1. The van der Waals surface area contributed by atoms with Gasteiger partial charge in [-0.15, -0.1) is 0 Å². The minimum Gasteiger partial charge on any atom is -0.497 e. The van der Waals surface area contributed by atoms with E-state index in [1.54, 1.807) is 33.3 Å². The number of carbonyl (C=O) groups is 1. The molecule has 0 fully saturated rings. The second kappa shape index (κ2) is 7.97. The zero-order valence-corrected chi connectivity index (χ0v) is 11.4. The first-order valence-corrected chi connectivity index (χ1v) is 5.94. The molecule has 0 spiro atoms. The highest BCUT2D eigenvalue weighted by atomic mass is 16.5. The van der Waals surface area contributed by atoms with Crippen molar-refractivity contribution in [2.24, 2.45) is 0 Å². The van der Waals surface area contributed by atoms with Gasteiger partial charge in [0.1, 0.15) is 11.5 Å². The minimum atomic E-state index is -0.357. The van der Waals surface area contributed by atoms with Crippen molar-refractivity contribution < 1.29 is 19.0 Å². The summed E-state index contributed by atoms with van der Waals surface area (Å²) in [4.78, 5) is 11.1. The van der Waals surface area contributed by atoms with E-state index in [0.29, 0.717) is 6.61 Å². The van der Waals surface area contributed by atoms with Crippen LogP contribution in [0, 0.1) is 0 Å². The van der Waals surface area contributed by atoms with Crippen LogP contribution < -0.4 is 9.47 Å². The maximum Gasteiger partial charge on any atom is 0.330 e. The summed E-state index contributed by atoms with van der Waals surface area (Å²) in [5.74, 6) is 1.13. The molecule has 4 heteroatoms. The Morgan fingerprint density at radius 1 is 1.21 bits per heavy atom. The number of esters is 1. The second-order valence-electron chi connectivity index (χ2n) is 3.58. The predicted octanol–water partition coefficient (Wildman–Crippen LogP) is 2.84. The Morgan fingerprint density at radius 3 is 2.63 bits per heavy atom. The highest BCUT2D eigenvalue weighted by Gasteiger charge is 2.01. The number of hydrogen-bond donors (Lipinski definition) is 0. The molecule has 0 saturated heterocycles. The minimum absolute atomic E-state index is 0.357. The van der Waals surface area contributed by atoms with Crippen molar-refractivity contribution in [3.8, 4) is 11.5 Å². The van der Waals surface area contributed by atoms with Crippen molar-refractivity contribution in [1.29, 1.82) is 0 Å². The standard InChI is InChI=1S/C15H18O4/c1-4-19-15(16)8-6-5-7-12-11-13(17-2)9-10-14(12)18-3/h5-11H,4H2,1-3H3/b7-5+,8-6+. The van der Waals surface area contributed by atoms with Gasteiger partial charge in [0, 0.05) is 11.6 Å². The lowest BCUT2D eigenvalue weighted by Crippen LogP contribution is -1.98. The first kappa shape index (κ1) is 14.8. The molecule has 0 bridgehead atoms. The average molecular weight is 262 g/mol. The molecule has 1 aromatic carbocycles. The fraction of sp³-hybridized carbons (Fsp3) is 0.267. The van der Waals surface area contributed by atoms with Crippen LogP contribution in [0.3, 0.4) is 0 Å². The monoisotopic (exact) mass is 262 g/mol. The smallest absolute Gasteiger partial charge is 0.330 e. The lowest BCUT2D eigenvalue weighted by atomic mass is 10.1. The van der Waals surface area contributed by atoms with Crippen molar-refractivity contribution in [2.45, 2.75) is 6.92 Å². The van der Waals surface area contributed by atoms with E-state index in [4.69, 9.17) is 14.2 Å². The van der Waals surface area contributed by atoms with Crippen LogP contribution in [0.15, 0.2) is 36.4 Å². The maximum absolute atomic E-state index is 11.1. The molecule has 1 rings (SSSR count). The van der Waals surface area contributed by atoms with Gasteiger partial charge < -0.3 is 14.2 Å². The van der Waals surface area contributed by atoms with Gasteiger partial charge in [0.15, 0.2) is 0 Å². The van der Waals surface area contributed by atoms with E-state index in [9.17, 15) is 4.79 Å². The summed E-state index contributed by atoms with van der Waals surface area (Å²) in [6.45, 7) is 2.14. The topological polar surface area (TPSA) is 44.8 Å². The van der Waals surface area contributed by atoms with Gasteiger partial charge in [-0.1, -0.05) is 18.2 Å². The van der Waals surface area contributed by atoms with E-state index < -0.39 is 0 Å². The average Bonchev–Trinajstić information content (AvgIpc) is 2.43. The molecule has 4 nitrogen and oxygen atoms in total. The molecule has 0 saturated carbocycles. The molecule has 19 heavy (non-hydrogen) atoms. The van der Waals surface area contributed by atoms with Crippen molar-refractivity contribution in [3.05, 3.63) is 42.0 Å². The molecule has 102 valence electrons. The predicted molar refractivity (Wildman–Crippen MR) is 74.4 cm³/mol. The number of carbonyl (C=O) groups excluding carboxylic acids is 1. The lowest BCUT2D eigenvalue weighted by Gasteiger charge is -2.06. The Balaban J connectivity index is 2.77. The number of methoxy groups -OCH3 is 2. The normalized spacial score (nSPS) is 10.9. The number of rotatable bonds is 6. The fourth-order valence-electron chi connectivity index (χ4n) is 1.45. The van der Waals surface area contributed by atoms with E-state index in [1.807, 2.05) is 24.3 Å². The molecular weight excluding hydrogens is 244 g/mol. The number of ether oxygens (including phenoxy) is 3. The summed E-state index contributed by atoms with van der Waals surface area (Å²) in [6, 6.07) is 5.51. The van der Waals surface area contributed by atoms with Crippen molar-refractivity contribution in [1.82, 2.24) is 0 Å². The van der Waals surface area contributed by atoms with E-state index in [1.165, 1.54) is 6.08 Å². The summed E-state index contributed by atoms with van der Waals surface area (Å²) in [5.41, 5.74) is 0.871. The van der Waals surface area contributed by atoms with Gasteiger partial charge in [-0.25, -0.2) is 4.79 Å². The van der Waals surface area contributed by atoms with Gasteiger partial charge >= 0.3 is 5.97 Å². The Labute approximate surface area is 113 Å². The van der Waals surface area contributed by atoms with Crippen molar-refractivity contribution in [2.75, 3.05) is 20.8 Å². The largest absolute Gasteiger partial charge is 0.497 e. The second-order valence-corrected chi connectivity index (χ2v) is 3.58. The molecule has 0 N–H and O–H groups in total. The Morgan fingerprint density at radius 2 is 2.00 bits per heavy atom. The van der Waals surface area contributed by atoms with Crippen LogP contribution in [0.2, 0.25) is 0 Å². The lowest BCUT2D eigenvalue weighted by molar-refractivity contribution is -0.137. The molecule has 0 aliphatic rings. The summed E-state index contributed by atoms with van der Waals surface area (Å²) in [7, 11) is 3.21. The highest BCUT2D eigenvalue weighted by Crippen LogP contribution is 2.24. The maximum atomic E-state index is 11.1. The van der Waals surface area contributed by atoms with Crippen LogP contribution in [-0.2, 0) is 9.53 Å². The molecular formula is C15H18O4. The van der Waals surface area contributed by atoms with Crippen LogP contribution in [0.1, 0.15) is 12.5 Å². The summed E-state index contributed by atoms with van der Waals surface area (Å²) >= 11 is 0. The summed E-state index contributed by atoms with van der Waals surface area (Å²) in [6.07, 6.45) is 6.56. The van der Waals surface area contributed by atoms with Crippen LogP contribution in [-0.4, -0.2) is 26.8 Å². The molecule has 1 aromatic rings.